The van der Waals surface area contributed by atoms with Crippen LogP contribution < -0.4 is 22.2 Å². The summed E-state index contributed by atoms with van der Waals surface area (Å²) in [6.45, 7) is 0. The van der Waals surface area contributed by atoms with Gasteiger partial charge in [-0.2, -0.15) is 0 Å². The van der Waals surface area contributed by atoms with Crippen molar-refractivity contribution in [2.45, 2.75) is 0 Å². The summed E-state index contributed by atoms with van der Waals surface area (Å²) >= 11 is 0. The molecule has 0 saturated heterocycles. The van der Waals surface area contributed by atoms with Gasteiger partial charge in [0.05, 0.1) is 0 Å². The van der Waals surface area contributed by atoms with E-state index in [4.69, 9.17) is 4.42 Å². The molecule has 0 aliphatic rings. The second-order valence-electron chi connectivity index (χ2n) is 3.85. The van der Waals surface area contributed by atoms with Crippen LogP contribution in [0.1, 0.15) is 0 Å². The molecule has 0 amide bonds. The molecule has 0 aliphatic heterocycles. The highest BCUT2D eigenvalue weighted by Crippen LogP contribution is 2.18. The van der Waals surface area contributed by atoms with Crippen molar-refractivity contribution in [2.24, 2.45) is 14.1 Å². The molecule has 3 aromatic rings. The van der Waals surface area contributed by atoms with Crippen molar-refractivity contribution >= 4 is 21.9 Å². The SMILES string of the molecule is Cn1c(=O)c2oc3c(=O)n(C)c(=O)c3c2c1=O. The Morgan fingerprint density at radius 2 is 1.06 bits per heavy atom. The first-order valence-electron chi connectivity index (χ1n) is 4.76. The van der Waals surface area contributed by atoms with E-state index in [9.17, 15) is 19.2 Å². The first-order valence-corrected chi connectivity index (χ1v) is 4.76. The summed E-state index contributed by atoms with van der Waals surface area (Å²) in [6, 6.07) is 0. The van der Waals surface area contributed by atoms with E-state index < -0.39 is 22.2 Å². The monoisotopic (exact) mass is 234 g/mol. The maximum atomic E-state index is 11.7. The van der Waals surface area contributed by atoms with Gasteiger partial charge in [-0.1, -0.05) is 0 Å². The molecule has 7 heteroatoms. The summed E-state index contributed by atoms with van der Waals surface area (Å²) in [6.07, 6.45) is 0. The van der Waals surface area contributed by atoms with E-state index in [1.54, 1.807) is 0 Å². The standard InChI is InChI=1S/C10H6N2O5/c1-11-7(13)3-4-6(17-5(3)9(11)15)10(16)12(2)8(4)14/h1-2H3. The van der Waals surface area contributed by atoms with Gasteiger partial charge in [0, 0.05) is 14.1 Å². The van der Waals surface area contributed by atoms with Crippen LogP contribution in [0.5, 0.6) is 0 Å². The van der Waals surface area contributed by atoms with Gasteiger partial charge >= 0.3 is 0 Å². The maximum absolute atomic E-state index is 11.7. The molecule has 0 N–H and O–H groups in total. The highest BCUT2D eigenvalue weighted by atomic mass is 16.3. The zero-order chi connectivity index (χ0) is 12.5. The van der Waals surface area contributed by atoms with Crippen molar-refractivity contribution in [3.8, 4) is 0 Å². The Hall–Kier alpha value is -2.44. The van der Waals surface area contributed by atoms with Gasteiger partial charge in [0.25, 0.3) is 22.2 Å². The minimum absolute atomic E-state index is 0.102. The number of fused-ring (bicyclic) bond motifs is 3. The van der Waals surface area contributed by atoms with Crippen LogP contribution >= 0.6 is 0 Å². The topological polar surface area (TPSA) is 91.3 Å². The van der Waals surface area contributed by atoms with Crippen LogP contribution in [0.2, 0.25) is 0 Å². The van der Waals surface area contributed by atoms with E-state index in [1.807, 2.05) is 0 Å². The van der Waals surface area contributed by atoms with Crippen molar-refractivity contribution in [3.63, 3.8) is 0 Å². The first-order chi connectivity index (χ1) is 7.95. The molecule has 0 unspecified atom stereocenters. The summed E-state index contributed by atoms with van der Waals surface area (Å²) in [5.41, 5.74) is -2.96. The van der Waals surface area contributed by atoms with E-state index in [2.05, 4.69) is 0 Å². The number of nitrogens with zero attached hydrogens (tertiary/aromatic N) is 2. The summed E-state index contributed by atoms with van der Waals surface area (Å²) in [4.78, 5) is 46.7. The number of furan rings is 1. The van der Waals surface area contributed by atoms with Gasteiger partial charge in [-0.3, -0.25) is 28.3 Å². The van der Waals surface area contributed by atoms with E-state index in [0.717, 1.165) is 9.13 Å². The Labute approximate surface area is 91.8 Å². The van der Waals surface area contributed by atoms with Crippen LogP contribution in [-0.4, -0.2) is 9.13 Å². The van der Waals surface area contributed by atoms with Crippen LogP contribution in [-0.2, 0) is 14.1 Å². The lowest BCUT2D eigenvalue weighted by Crippen LogP contribution is -2.22. The molecule has 0 spiro atoms. The molecule has 3 aromatic heterocycles. The molecule has 0 atom stereocenters. The molecule has 86 valence electrons. The molecule has 7 nitrogen and oxygen atoms in total. The fraction of sp³-hybridized carbons (Fsp3) is 0.200. The molecule has 3 rings (SSSR count). The Morgan fingerprint density at radius 3 is 1.41 bits per heavy atom. The molecular weight excluding hydrogens is 228 g/mol. The summed E-state index contributed by atoms with van der Waals surface area (Å²) in [5.74, 6) is 0. The minimum atomic E-state index is -0.636. The highest BCUT2D eigenvalue weighted by molar-refractivity contribution is 6.04. The average molecular weight is 234 g/mol. The second-order valence-corrected chi connectivity index (χ2v) is 3.85. The van der Waals surface area contributed by atoms with Gasteiger partial charge in [0.15, 0.2) is 0 Å². The lowest BCUT2D eigenvalue weighted by atomic mass is 10.3. The molecular formula is C10H6N2O5. The summed E-state index contributed by atoms with van der Waals surface area (Å²) in [5, 5.41) is -0.203. The zero-order valence-corrected chi connectivity index (χ0v) is 8.94. The summed E-state index contributed by atoms with van der Waals surface area (Å²) in [7, 11) is 2.58. The van der Waals surface area contributed by atoms with Crippen molar-refractivity contribution in [1.82, 2.24) is 9.13 Å². The van der Waals surface area contributed by atoms with Gasteiger partial charge in [-0.25, -0.2) is 0 Å². The number of hydrogen-bond acceptors (Lipinski definition) is 5. The smallest absolute Gasteiger partial charge is 0.297 e. The van der Waals surface area contributed by atoms with E-state index in [-0.39, 0.29) is 21.9 Å². The fourth-order valence-corrected chi connectivity index (χ4v) is 1.96. The molecule has 0 aliphatic carbocycles. The van der Waals surface area contributed by atoms with Gasteiger partial charge in [-0.05, 0) is 0 Å². The van der Waals surface area contributed by atoms with Gasteiger partial charge in [0.1, 0.15) is 10.8 Å². The minimum Gasteiger partial charge on any atom is -0.444 e. The van der Waals surface area contributed by atoms with Crippen molar-refractivity contribution < 1.29 is 4.42 Å². The normalized spacial score (nSPS) is 11.9. The maximum Gasteiger partial charge on any atom is 0.297 e. The molecule has 0 saturated carbocycles. The van der Waals surface area contributed by atoms with Crippen LogP contribution in [0, 0.1) is 0 Å². The third kappa shape index (κ3) is 0.873. The fourth-order valence-electron chi connectivity index (χ4n) is 1.96. The van der Waals surface area contributed by atoms with Crippen molar-refractivity contribution in [1.29, 1.82) is 0 Å². The summed E-state index contributed by atoms with van der Waals surface area (Å²) < 4.78 is 6.75. The van der Waals surface area contributed by atoms with Gasteiger partial charge < -0.3 is 4.42 Å². The average Bonchev–Trinajstić information content (AvgIpc) is 2.86. The third-order valence-electron chi connectivity index (χ3n) is 2.94. The van der Waals surface area contributed by atoms with Crippen LogP contribution in [0.3, 0.4) is 0 Å². The quantitative estimate of drug-likeness (QED) is 0.476. The molecule has 3 heterocycles. The van der Waals surface area contributed by atoms with E-state index in [1.165, 1.54) is 14.1 Å². The predicted molar refractivity (Wildman–Crippen MR) is 59.1 cm³/mol. The lowest BCUT2D eigenvalue weighted by molar-refractivity contribution is 0.650. The first kappa shape index (κ1) is 9.76. The number of hydrogen-bond donors (Lipinski definition) is 0. The van der Waals surface area contributed by atoms with Gasteiger partial charge in [0.2, 0.25) is 11.2 Å². The Morgan fingerprint density at radius 1 is 0.706 bits per heavy atom. The van der Waals surface area contributed by atoms with Crippen LogP contribution in [0.25, 0.3) is 21.9 Å². The Bertz CT molecular complexity index is 896. The molecule has 0 bridgehead atoms. The second kappa shape index (κ2) is 2.62. The van der Waals surface area contributed by atoms with Gasteiger partial charge in [-0.15, -0.1) is 0 Å². The number of aromatic nitrogens is 2. The highest BCUT2D eigenvalue weighted by Gasteiger charge is 2.25. The molecule has 17 heavy (non-hydrogen) atoms. The van der Waals surface area contributed by atoms with E-state index >= 15 is 0 Å². The largest absolute Gasteiger partial charge is 0.444 e. The zero-order valence-electron chi connectivity index (χ0n) is 8.94. The van der Waals surface area contributed by atoms with Crippen LogP contribution in [0.15, 0.2) is 23.6 Å². The Balaban J connectivity index is 2.89. The lowest BCUT2D eigenvalue weighted by Gasteiger charge is -1.80. The van der Waals surface area contributed by atoms with Crippen molar-refractivity contribution in [2.75, 3.05) is 0 Å². The third-order valence-corrected chi connectivity index (χ3v) is 2.94. The molecule has 0 fully saturated rings. The van der Waals surface area contributed by atoms with Crippen molar-refractivity contribution in [3.05, 3.63) is 41.4 Å². The Kier molecular flexibility index (Phi) is 1.51. The molecule has 0 radical (unpaired) electrons. The van der Waals surface area contributed by atoms with E-state index in [0.29, 0.717) is 0 Å². The van der Waals surface area contributed by atoms with Crippen LogP contribution in [0.4, 0.5) is 0 Å². The molecule has 0 aromatic carbocycles. The predicted octanol–water partition coefficient (Wildman–Crippen LogP) is -1.42. The number of rotatable bonds is 0.